The molecule has 8 heteroatoms. The van der Waals surface area contributed by atoms with Gasteiger partial charge in [-0.3, -0.25) is 14.3 Å². The Balaban J connectivity index is 1.71. The number of fused-ring (bicyclic) bond motifs is 1. The highest BCUT2D eigenvalue weighted by molar-refractivity contribution is 5.95. The van der Waals surface area contributed by atoms with Crippen molar-refractivity contribution in [1.29, 1.82) is 0 Å². The number of hydrogen-bond acceptors (Lipinski definition) is 4. The molecule has 3 aromatic heterocycles. The maximum Gasteiger partial charge on any atom is 0.255 e. The molecule has 0 fully saturated rings. The molecule has 0 aliphatic heterocycles. The molecule has 1 unspecified atom stereocenters. The minimum atomic E-state index is -0.470. The van der Waals surface area contributed by atoms with Gasteiger partial charge in [-0.25, -0.2) is 4.98 Å². The van der Waals surface area contributed by atoms with Crippen molar-refractivity contribution < 1.29 is 4.79 Å². The van der Waals surface area contributed by atoms with Gasteiger partial charge in [-0.15, -0.1) is 0 Å². The second-order valence-electron chi connectivity index (χ2n) is 7.15. The fraction of sp³-hybridized carbons (Fsp3) is 0.238. The van der Waals surface area contributed by atoms with Crippen molar-refractivity contribution in [2.45, 2.75) is 26.3 Å². The summed E-state index contributed by atoms with van der Waals surface area (Å²) in [6.07, 6.45) is 4.11. The normalized spacial score (nSPS) is 12.2. The topological polar surface area (TPSA) is 108 Å². The Kier molecular flexibility index (Phi) is 4.75. The molecule has 0 aliphatic rings. The molecule has 1 aromatic carbocycles. The number of nitrogens with one attached hydrogen (secondary N) is 3. The van der Waals surface area contributed by atoms with Crippen LogP contribution in [0, 0.1) is 13.8 Å². The van der Waals surface area contributed by atoms with E-state index < -0.39 is 6.04 Å². The highest BCUT2D eigenvalue weighted by Gasteiger charge is 2.22. The van der Waals surface area contributed by atoms with Crippen molar-refractivity contribution in [2.75, 3.05) is 0 Å². The molecule has 29 heavy (non-hydrogen) atoms. The van der Waals surface area contributed by atoms with Crippen LogP contribution in [0.3, 0.4) is 0 Å². The summed E-state index contributed by atoms with van der Waals surface area (Å²) in [5.74, 6) is 0.253. The summed E-state index contributed by atoms with van der Waals surface area (Å²) in [4.78, 5) is 35.3. The van der Waals surface area contributed by atoms with Crippen LogP contribution in [-0.4, -0.2) is 30.6 Å². The fourth-order valence-electron chi connectivity index (χ4n) is 3.59. The van der Waals surface area contributed by atoms with Crippen LogP contribution in [0.15, 0.2) is 47.5 Å². The van der Waals surface area contributed by atoms with E-state index in [0.717, 1.165) is 16.5 Å². The number of rotatable bonds is 5. The zero-order valence-corrected chi connectivity index (χ0v) is 16.5. The molecular weight excluding hydrogens is 368 g/mol. The number of amides is 1. The predicted molar refractivity (Wildman–Crippen MR) is 110 cm³/mol. The maximum absolute atomic E-state index is 12.9. The SMILES string of the molecule is Cc1nc(C(Cc2c[nH]c3ccccc23)NC(=O)c2cn(C)nc2C)cc(=O)[nH]1. The van der Waals surface area contributed by atoms with E-state index in [0.29, 0.717) is 29.2 Å². The number of aromatic amines is 2. The number of nitrogens with zero attached hydrogens (tertiary/aromatic N) is 3. The number of hydrogen-bond donors (Lipinski definition) is 3. The summed E-state index contributed by atoms with van der Waals surface area (Å²) in [5.41, 5.74) is 3.47. The second kappa shape index (κ2) is 7.38. The molecule has 3 heterocycles. The largest absolute Gasteiger partial charge is 0.361 e. The molecule has 0 spiro atoms. The van der Waals surface area contributed by atoms with Gasteiger partial charge in [-0.1, -0.05) is 18.2 Å². The van der Waals surface area contributed by atoms with E-state index in [1.807, 2.05) is 30.5 Å². The number of aromatic nitrogens is 5. The van der Waals surface area contributed by atoms with Crippen LogP contribution in [-0.2, 0) is 13.5 Å². The van der Waals surface area contributed by atoms with E-state index in [-0.39, 0.29) is 11.5 Å². The first-order valence-corrected chi connectivity index (χ1v) is 9.34. The lowest BCUT2D eigenvalue weighted by atomic mass is 10.0. The Hall–Kier alpha value is -3.68. The second-order valence-corrected chi connectivity index (χ2v) is 7.15. The molecule has 4 aromatic rings. The van der Waals surface area contributed by atoms with Crippen LogP contribution in [0.1, 0.15) is 39.2 Å². The van der Waals surface area contributed by atoms with Gasteiger partial charge in [-0.05, 0) is 25.5 Å². The molecular formula is C21H22N6O2. The van der Waals surface area contributed by atoms with Crippen molar-refractivity contribution in [3.8, 4) is 0 Å². The van der Waals surface area contributed by atoms with Gasteiger partial charge in [0, 0.05) is 42.8 Å². The summed E-state index contributed by atoms with van der Waals surface area (Å²) in [5, 5.41) is 8.35. The smallest absolute Gasteiger partial charge is 0.255 e. The lowest BCUT2D eigenvalue weighted by Crippen LogP contribution is -2.32. The van der Waals surface area contributed by atoms with E-state index in [9.17, 15) is 9.59 Å². The summed E-state index contributed by atoms with van der Waals surface area (Å²) >= 11 is 0. The van der Waals surface area contributed by atoms with Gasteiger partial charge >= 0.3 is 0 Å². The number of carbonyl (C=O) groups excluding carboxylic acids is 1. The average Bonchev–Trinajstić information content (AvgIpc) is 3.23. The zero-order valence-electron chi connectivity index (χ0n) is 16.5. The molecule has 0 saturated carbocycles. The Morgan fingerprint density at radius 3 is 2.79 bits per heavy atom. The quantitative estimate of drug-likeness (QED) is 0.486. The van der Waals surface area contributed by atoms with Crippen LogP contribution in [0.2, 0.25) is 0 Å². The Labute approximate surface area is 167 Å². The summed E-state index contributed by atoms with van der Waals surface area (Å²) in [6, 6.07) is 8.93. The molecule has 4 rings (SSSR count). The molecule has 3 N–H and O–H groups in total. The van der Waals surface area contributed by atoms with Gasteiger partial charge in [0.1, 0.15) is 5.82 Å². The van der Waals surface area contributed by atoms with Crippen LogP contribution < -0.4 is 10.9 Å². The van der Waals surface area contributed by atoms with Crippen molar-refractivity contribution in [3.05, 3.63) is 81.4 Å². The van der Waals surface area contributed by atoms with Gasteiger partial charge in [0.15, 0.2) is 0 Å². The standard InChI is InChI=1S/C21H22N6O2/c1-12-16(11-27(3)26-12)21(29)25-18(19-9-20(28)24-13(2)23-19)8-14-10-22-17-7-5-4-6-15(14)17/h4-7,9-11,18,22H,8H2,1-3H3,(H,25,29)(H,23,24,28). The Morgan fingerprint density at radius 1 is 1.28 bits per heavy atom. The predicted octanol–water partition coefficient (Wildman–Crippen LogP) is 2.32. The van der Waals surface area contributed by atoms with Gasteiger partial charge in [0.05, 0.1) is 23.0 Å². The van der Waals surface area contributed by atoms with Gasteiger partial charge in [0.25, 0.3) is 11.5 Å². The van der Waals surface area contributed by atoms with Crippen molar-refractivity contribution in [3.63, 3.8) is 0 Å². The minimum absolute atomic E-state index is 0.247. The molecule has 0 aliphatic carbocycles. The number of benzene rings is 1. The summed E-state index contributed by atoms with van der Waals surface area (Å²) in [6.45, 7) is 3.51. The molecule has 8 nitrogen and oxygen atoms in total. The monoisotopic (exact) mass is 390 g/mol. The van der Waals surface area contributed by atoms with E-state index in [2.05, 4.69) is 25.4 Å². The average molecular weight is 390 g/mol. The zero-order chi connectivity index (χ0) is 20.5. The molecule has 1 atom stereocenters. The van der Waals surface area contributed by atoms with Crippen molar-refractivity contribution in [1.82, 2.24) is 30.0 Å². The number of aryl methyl sites for hydroxylation is 3. The van der Waals surface area contributed by atoms with Crippen molar-refractivity contribution in [2.24, 2.45) is 7.05 Å². The van der Waals surface area contributed by atoms with Crippen LogP contribution in [0.25, 0.3) is 10.9 Å². The molecule has 148 valence electrons. The van der Waals surface area contributed by atoms with Crippen LogP contribution >= 0.6 is 0 Å². The van der Waals surface area contributed by atoms with E-state index in [4.69, 9.17) is 0 Å². The van der Waals surface area contributed by atoms with E-state index in [1.165, 1.54) is 6.07 Å². The number of carbonyl (C=O) groups is 1. The Bertz CT molecular complexity index is 1250. The van der Waals surface area contributed by atoms with Gasteiger partial charge in [0.2, 0.25) is 0 Å². The molecule has 0 saturated heterocycles. The first-order valence-electron chi connectivity index (χ1n) is 9.34. The third-order valence-corrected chi connectivity index (χ3v) is 4.90. The lowest BCUT2D eigenvalue weighted by Gasteiger charge is -2.18. The first-order chi connectivity index (χ1) is 13.9. The maximum atomic E-state index is 12.9. The summed E-state index contributed by atoms with van der Waals surface area (Å²) < 4.78 is 1.61. The van der Waals surface area contributed by atoms with Crippen molar-refractivity contribution >= 4 is 16.8 Å². The number of H-pyrrole nitrogens is 2. The lowest BCUT2D eigenvalue weighted by molar-refractivity contribution is 0.0935. The van der Waals surface area contributed by atoms with Gasteiger partial charge in [-0.2, -0.15) is 5.10 Å². The van der Waals surface area contributed by atoms with Gasteiger partial charge < -0.3 is 15.3 Å². The highest BCUT2D eigenvalue weighted by Crippen LogP contribution is 2.24. The van der Waals surface area contributed by atoms with E-state index in [1.54, 1.807) is 31.8 Å². The third kappa shape index (κ3) is 3.82. The molecule has 0 bridgehead atoms. The highest BCUT2D eigenvalue weighted by atomic mass is 16.1. The van der Waals surface area contributed by atoms with E-state index >= 15 is 0 Å². The van der Waals surface area contributed by atoms with Crippen LogP contribution in [0.4, 0.5) is 0 Å². The fourth-order valence-corrected chi connectivity index (χ4v) is 3.59. The van der Waals surface area contributed by atoms with Crippen LogP contribution in [0.5, 0.6) is 0 Å². The third-order valence-electron chi connectivity index (χ3n) is 4.90. The Morgan fingerprint density at radius 2 is 2.07 bits per heavy atom. The summed E-state index contributed by atoms with van der Waals surface area (Å²) in [7, 11) is 1.77. The first kappa shape index (κ1) is 18.7. The number of para-hydroxylation sites is 1. The molecule has 1 amide bonds. The minimum Gasteiger partial charge on any atom is -0.361 e. The molecule has 0 radical (unpaired) electrons.